The Balaban J connectivity index is 4.09. The largest absolute Gasteiger partial charge is 0.444 e. The van der Waals surface area contributed by atoms with Crippen molar-refractivity contribution in [2.45, 2.75) is 45.8 Å². The first kappa shape index (κ1) is 23.5. The highest BCUT2D eigenvalue weighted by molar-refractivity contribution is 8.06. The number of amides is 2. The minimum atomic E-state index is -0.562. The molecule has 0 aliphatic carbocycles. The monoisotopic (exact) mass is 373 g/mol. The maximum atomic E-state index is 11.8. The van der Waals surface area contributed by atoms with Gasteiger partial charge < -0.3 is 25.4 Å². The molecule has 0 aliphatic rings. The van der Waals surface area contributed by atoms with E-state index in [1.165, 1.54) is 11.8 Å². The second kappa shape index (κ2) is 11.9. The van der Waals surface area contributed by atoms with E-state index >= 15 is 0 Å². The number of thioether (sulfide) groups is 1. The first-order chi connectivity index (χ1) is 11.5. The van der Waals surface area contributed by atoms with Crippen LogP contribution in [0.25, 0.3) is 0 Å². The number of methoxy groups -OCH3 is 1. The number of carbonyl (C=O) groups is 2. The summed E-state index contributed by atoms with van der Waals surface area (Å²) in [6.45, 7) is 16.7. The number of hydrogen-bond acceptors (Lipinski definition) is 6. The van der Waals surface area contributed by atoms with E-state index in [0.29, 0.717) is 36.1 Å². The van der Waals surface area contributed by atoms with Crippen LogP contribution in [0.5, 0.6) is 0 Å². The lowest BCUT2D eigenvalue weighted by molar-refractivity contribution is -0.120. The smallest absolute Gasteiger partial charge is 0.408 e. The Morgan fingerprint density at radius 2 is 1.84 bits per heavy atom. The van der Waals surface area contributed by atoms with Gasteiger partial charge in [0.1, 0.15) is 5.60 Å². The minimum Gasteiger partial charge on any atom is -0.444 e. The molecule has 0 radical (unpaired) electrons. The Bertz CT molecular complexity index is 475. The van der Waals surface area contributed by atoms with Gasteiger partial charge in [0.15, 0.2) is 0 Å². The van der Waals surface area contributed by atoms with Crippen LogP contribution in [-0.2, 0) is 14.3 Å². The maximum Gasteiger partial charge on any atom is 0.408 e. The molecule has 144 valence electrons. The lowest BCUT2D eigenvalue weighted by Gasteiger charge is -2.22. The third-order valence-electron chi connectivity index (χ3n) is 2.76. The van der Waals surface area contributed by atoms with E-state index in [1.807, 2.05) is 0 Å². The fraction of sp³-hybridized carbons (Fsp3) is 0.647. The van der Waals surface area contributed by atoms with Crippen LogP contribution >= 0.6 is 11.8 Å². The molecule has 0 aromatic rings. The summed E-state index contributed by atoms with van der Waals surface area (Å²) in [5.74, 6) is -0.136. The predicted molar refractivity (Wildman–Crippen MR) is 102 cm³/mol. The molecule has 0 aromatic heterocycles. The van der Waals surface area contributed by atoms with E-state index in [-0.39, 0.29) is 11.9 Å². The fourth-order valence-corrected chi connectivity index (χ4v) is 2.27. The quantitative estimate of drug-likeness (QED) is 0.482. The summed E-state index contributed by atoms with van der Waals surface area (Å²) in [5, 5.41) is 8.94. The van der Waals surface area contributed by atoms with Crippen molar-refractivity contribution in [2.75, 3.05) is 26.8 Å². The molecule has 0 heterocycles. The summed E-state index contributed by atoms with van der Waals surface area (Å²) in [7, 11) is 1.63. The van der Waals surface area contributed by atoms with Gasteiger partial charge in [0.05, 0.1) is 17.7 Å². The van der Waals surface area contributed by atoms with Crippen LogP contribution < -0.4 is 16.0 Å². The van der Waals surface area contributed by atoms with E-state index in [1.54, 1.807) is 34.8 Å². The minimum absolute atomic E-state index is 0.136. The Labute approximate surface area is 155 Å². The van der Waals surface area contributed by atoms with Gasteiger partial charge in [0.25, 0.3) is 0 Å². The van der Waals surface area contributed by atoms with Crippen LogP contribution in [0.2, 0.25) is 0 Å². The molecule has 3 N–H and O–H groups in total. The third kappa shape index (κ3) is 13.5. The zero-order valence-electron chi connectivity index (χ0n) is 15.9. The van der Waals surface area contributed by atoms with Crippen LogP contribution in [0, 0.1) is 0 Å². The highest BCUT2D eigenvalue weighted by Gasteiger charge is 2.19. The number of hydrogen-bond donors (Lipinski definition) is 3. The number of nitrogens with one attached hydrogen (secondary N) is 3. The predicted octanol–water partition coefficient (Wildman–Crippen LogP) is 2.36. The first-order valence-electron chi connectivity index (χ1n) is 8.09. The molecule has 8 heteroatoms. The van der Waals surface area contributed by atoms with E-state index in [0.717, 1.165) is 0 Å². The molecule has 0 saturated heterocycles. The summed E-state index contributed by atoms with van der Waals surface area (Å²) >= 11 is 1.21. The van der Waals surface area contributed by atoms with Crippen LogP contribution in [-0.4, -0.2) is 50.4 Å². The summed E-state index contributed by atoms with van der Waals surface area (Å²) in [6.07, 6.45) is -0.180. The standard InChI is InChI=1S/C17H31N3O4S/c1-12(19-16(22)24-17(4,5)6)13(2)25-14(3)20-15(21)8-9-18-10-11-23-7/h12,18H,2-3,8-11H2,1,4-7H3,(H,19,22)(H,20,21). The summed E-state index contributed by atoms with van der Waals surface area (Å²) < 4.78 is 10.1. The molecular weight excluding hydrogens is 342 g/mol. The average Bonchev–Trinajstić information content (AvgIpc) is 2.44. The molecule has 0 spiro atoms. The molecule has 0 fully saturated rings. The normalized spacial score (nSPS) is 12.2. The average molecular weight is 374 g/mol. The van der Waals surface area contributed by atoms with Crippen LogP contribution in [0.15, 0.2) is 23.1 Å². The number of ether oxygens (including phenoxy) is 2. The van der Waals surface area contributed by atoms with Gasteiger partial charge in [-0.05, 0) is 27.7 Å². The molecule has 0 saturated carbocycles. The van der Waals surface area contributed by atoms with Gasteiger partial charge in [0, 0.05) is 31.5 Å². The molecule has 2 amide bonds. The molecule has 1 atom stereocenters. The SMILES string of the molecule is C=C(NC(=O)CCNCCOC)SC(=C)C(C)NC(=O)OC(C)(C)C. The summed E-state index contributed by atoms with van der Waals surface area (Å²) in [5.41, 5.74) is -0.562. The maximum absolute atomic E-state index is 11.8. The molecule has 1 unspecified atom stereocenters. The lowest BCUT2D eigenvalue weighted by Crippen LogP contribution is -2.38. The van der Waals surface area contributed by atoms with Crippen LogP contribution in [0.3, 0.4) is 0 Å². The zero-order valence-corrected chi connectivity index (χ0v) is 16.7. The van der Waals surface area contributed by atoms with Gasteiger partial charge in [-0.2, -0.15) is 0 Å². The van der Waals surface area contributed by atoms with Gasteiger partial charge in [-0.25, -0.2) is 4.79 Å². The Morgan fingerprint density at radius 1 is 1.20 bits per heavy atom. The van der Waals surface area contributed by atoms with Gasteiger partial charge in [-0.15, -0.1) is 0 Å². The van der Waals surface area contributed by atoms with Gasteiger partial charge in [0.2, 0.25) is 5.91 Å². The molecule has 0 aromatic carbocycles. The Kier molecular flexibility index (Phi) is 11.2. The lowest BCUT2D eigenvalue weighted by atomic mass is 10.2. The topological polar surface area (TPSA) is 88.7 Å². The second-order valence-electron chi connectivity index (χ2n) is 6.40. The van der Waals surface area contributed by atoms with Crippen molar-refractivity contribution in [3.63, 3.8) is 0 Å². The molecule has 0 aliphatic heterocycles. The fourth-order valence-electron chi connectivity index (χ4n) is 1.56. The Hall–Kier alpha value is -1.51. The van der Waals surface area contributed by atoms with Gasteiger partial charge >= 0.3 is 6.09 Å². The third-order valence-corrected chi connectivity index (χ3v) is 3.73. The number of carbonyl (C=O) groups excluding carboxylic acids is 2. The highest BCUT2D eigenvalue weighted by Crippen LogP contribution is 2.23. The van der Waals surface area contributed by atoms with E-state index in [9.17, 15) is 9.59 Å². The number of rotatable bonds is 11. The van der Waals surface area contributed by atoms with Crippen LogP contribution in [0.1, 0.15) is 34.1 Å². The van der Waals surface area contributed by atoms with Crippen molar-refractivity contribution >= 4 is 23.8 Å². The van der Waals surface area contributed by atoms with Crippen molar-refractivity contribution < 1.29 is 19.1 Å². The molecule has 0 bridgehead atoms. The number of alkyl carbamates (subject to hydrolysis) is 1. The molecule has 25 heavy (non-hydrogen) atoms. The summed E-state index contributed by atoms with van der Waals surface area (Å²) in [4.78, 5) is 24.2. The van der Waals surface area contributed by atoms with E-state index in [4.69, 9.17) is 9.47 Å². The van der Waals surface area contributed by atoms with Gasteiger partial charge in [-0.1, -0.05) is 24.9 Å². The highest BCUT2D eigenvalue weighted by atomic mass is 32.2. The second-order valence-corrected chi connectivity index (χ2v) is 7.62. The van der Waals surface area contributed by atoms with Gasteiger partial charge in [-0.3, -0.25) is 4.79 Å². The summed E-state index contributed by atoms with van der Waals surface area (Å²) in [6, 6.07) is -0.329. The van der Waals surface area contributed by atoms with Crippen molar-refractivity contribution in [1.82, 2.24) is 16.0 Å². The molecule has 0 rings (SSSR count). The molecule has 7 nitrogen and oxygen atoms in total. The van der Waals surface area contributed by atoms with E-state index < -0.39 is 11.7 Å². The Morgan fingerprint density at radius 3 is 2.40 bits per heavy atom. The van der Waals surface area contributed by atoms with Crippen LogP contribution in [0.4, 0.5) is 4.79 Å². The van der Waals surface area contributed by atoms with Crippen molar-refractivity contribution in [3.8, 4) is 0 Å². The zero-order chi connectivity index (χ0) is 19.5. The molecular formula is C17H31N3O4S. The van der Waals surface area contributed by atoms with Crippen molar-refractivity contribution in [3.05, 3.63) is 23.1 Å². The van der Waals surface area contributed by atoms with E-state index in [2.05, 4.69) is 29.1 Å². The van der Waals surface area contributed by atoms with Crippen molar-refractivity contribution in [2.24, 2.45) is 0 Å². The van der Waals surface area contributed by atoms with Crippen molar-refractivity contribution in [1.29, 1.82) is 0 Å². The first-order valence-corrected chi connectivity index (χ1v) is 8.91.